The lowest BCUT2D eigenvalue weighted by molar-refractivity contribution is -0.140. The maximum absolute atomic E-state index is 14.2. The van der Waals surface area contributed by atoms with Gasteiger partial charge in [-0.05, 0) is 43.4 Å². The predicted octanol–water partition coefficient (Wildman–Crippen LogP) is 3.90. The molecular weight excluding hydrogens is 394 g/mol. The summed E-state index contributed by atoms with van der Waals surface area (Å²) in [6.45, 7) is -0.802. The molecule has 0 aliphatic heterocycles. The zero-order valence-corrected chi connectivity index (χ0v) is 17.1. The van der Waals surface area contributed by atoms with Gasteiger partial charge in [0.15, 0.2) is 6.61 Å². The number of esters is 1. The molecule has 0 amide bonds. The van der Waals surface area contributed by atoms with Gasteiger partial charge in [0.25, 0.3) is 5.92 Å². The molecule has 7 heteroatoms. The number of alkyl halides is 2. The Morgan fingerprint density at radius 2 is 1.93 bits per heavy atom. The summed E-state index contributed by atoms with van der Waals surface area (Å²) in [7, 11) is 1.34. The fourth-order valence-electron chi connectivity index (χ4n) is 3.54. The van der Waals surface area contributed by atoms with E-state index in [9.17, 15) is 23.8 Å². The number of aliphatic hydroxyl groups excluding tert-OH is 2. The Balaban J connectivity index is 1.87. The average Bonchev–Trinajstić information content (AvgIpc) is 3.00. The fraction of sp³-hybridized carbons (Fsp3) is 0.522. The number of para-hydroxylation sites is 1. The highest BCUT2D eigenvalue weighted by Crippen LogP contribution is 2.37. The van der Waals surface area contributed by atoms with Crippen molar-refractivity contribution in [3.05, 3.63) is 54.6 Å². The van der Waals surface area contributed by atoms with E-state index in [1.807, 2.05) is 12.2 Å². The molecule has 0 heterocycles. The van der Waals surface area contributed by atoms with Gasteiger partial charge in [0.05, 0.1) is 19.3 Å². The van der Waals surface area contributed by atoms with Crippen LogP contribution in [0.5, 0.6) is 5.75 Å². The molecule has 4 atom stereocenters. The first-order chi connectivity index (χ1) is 14.3. The second-order valence-corrected chi connectivity index (χ2v) is 7.51. The van der Waals surface area contributed by atoms with E-state index >= 15 is 0 Å². The standard InChI is InChI=1S/C23H30F2O5/c1-29-22(28)12-8-3-2-7-11-18-19(21(27)15-20(18)26)13-14-23(24,25)16-30-17-9-5-4-6-10-17/h2,4-7,9-10,13-14,18-21,26-27H,3,8,11-12,15-16H2,1H3/t18-,19-,20+,21-/m1/s1. The first kappa shape index (κ1) is 24.0. The summed E-state index contributed by atoms with van der Waals surface area (Å²) in [6, 6.07) is 8.38. The van der Waals surface area contributed by atoms with Crippen LogP contribution < -0.4 is 4.74 Å². The number of hydrogen-bond donors (Lipinski definition) is 2. The summed E-state index contributed by atoms with van der Waals surface area (Å²) in [5, 5.41) is 20.4. The van der Waals surface area contributed by atoms with Crippen molar-refractivity contribution >= 4 is 5.97 Å². The van der Waals surface area contributed by atoms with Crippen molar-refractivity contribution in [2.75, 3.05) is 13.7 Å². The predicted molar refractivity (Wildman–Crippen MR) is 109 cm³/mol. The molecule has 1 fully saturated rings. The Bertz CT molecular complexity index is 705. The molecule has 1 aromatic rings. The van der Waals surface area contributed by atoms with Crippen LogP contribution in [0.15, 0.2) is 54.6 Å². The number of benzene rings is 1. The molecule has 2 rings (SSSR count). The number of ether oxygens (including phenoxy) is 2. The number of hydrogen-bond acceptors (Lipinski definition) is 5. The van der Waals surface area contributed by atoms with E-state index in [4.69, 9.17) is 4.74 Å². The number of methoxy groups -OCH3 is 1. The molecule has 166 valence electrons. The van der Waals surface area contributed by atoms with Gasteiger partial charge in [0.1, 0.15) is 5.75 Å². The molecule has 0 saturated heterocycles. The van der Waals surface area contributed by atoms with Gasteiger partial charge < -0.3 is 19.7 Å². The van der Waals surface area contributed by atoms with Crippen LogP contribution in [-0.2, 0) is 9.53 Å². The fourth-order valence-corrected chi connectivity index (χ4v) is 3.54. The van der Waals surface area contributed by atoms with Gasteiger partial charge in [-0.15, -0.1) is 0 Å². The van der Waals surface area contributed by atoms with Gasteiger partial charge in [0, 0.05) is 18.8 Å². The number of carbonyl (C=O) groups excluding carboxylic acids is 1. The van der Waals surface area contributed by atoms with Gasteiger partial charge in [-0.2, -0.15) is 8.78 Å². The number of allylic oxidation sites excluding steroid dienone is 2. The number of aliphatic hydroxyl groups is 2. The van der Waals surface area contributed by atoms with Gasteiger partial charge in [-0.25, -0.2) is 0 Å². The lowest BCUT2D eigenvalue weighted by Gasteiger charge is -2.20. The van der Waals surface area contributed by atoms with E-state index < -0.39 is 30.7 Å². The van der Waals surface area contributed by atoms with Crippen LogP contribution in [0.1, 0.15) is 32.1 Å². The van der Waals surface area contributed by atoms with E-state index in [2.05, 4.69) is 4.74 Å². The largest absolute Gasteiger partial charge is 0.487 e. The lowest BCUT2D eigenvalue weighted by Crippen LogP contribution is -2.25. The van der Waals surface area contributed by atoms with Crippen molar-refractivity contribution in [2.24, 2.45) is 11.8 Å². The molecular formula is C23H30F2O5. The minimum Gasteiger partial charge on any atom is -0.487 e. The molecule has 0 spiro atoms. The van der Waals surface area contributed by atoms with Crippen LogP contribution in [0.4, 0.5) is 8.78 Å². The highest BCUT2D eigenvalue weighted by atomic mass is 19.3. The monoisotopic (exact) mass is 424 g/mol. The Morgan fingerprint density at radius 1 is 1.20 bits per heavy atom. The van der Waals surface area contributed by atoms with E-state index in [-0.39, 0.29) is 18.3 Å². The maximum atomic E-state index is 14.2. The summed E-state index contributed by atoms with van der Waals surface area (Å²) in [5.41, 5.74) is 0. The minimum atomic E-state index is -3.20. The summed E-state index contributed by atoms with van der Waals surface area (Å²) >= 11 is 0. The third kappa shape index (κ3) is 7.88. The van der Waals surface area contributed by atoms with Gasteiger partial charge in [-0.1, -0.05) is 36.4 Å². The Labute approximate surface area is 176 Å². The van der Waals surface area contributed by atoms with Crippen LogP contribution in [-0.4, -0.2) is 48.0 Å². The highest BCUT2D eigenvalue weighted by molar-refractivity contribution is 5.69. The Morgan fingerprint density at radius 3 is 2.63 bits per heavy atom. The topological polar surface area (TPSA) is 76.0 Å². The normalized spacial score (nSPS) is 24.6. The maximum Gasteiger partial charge on any atom is 0.305 e. The third-order valence-electron chi connectivity index (χ3n) is 5.21. The van der Waals surface area contributed by atoms with Gasteiger partial charge >= 0.3 is 5.97 Å². The molecule has 0 unspecified atom stereocenters. The zero-order chi connectivity index (χ0) is 22.0. The summed E-state index contributed by atoms with van der Waals surface area (Å²) < 4.78 is 38.1. The quantitative estimate of drug-likeness (QED) is 0.320. The first-order valence-corrected chi connectivity index (χ1v) is 10.2. The Hall–Kier alpha value is -2.25. The van der Waals surface area contributed by atoms with Crippen molar-refractivity contribution < 1.29 is 33.3 Å². The zero-order valence-electron chi connectivity index (χ0n) is 17.1. The molecule has 1 aliphatic carbocycles. The molecule has 30 heavy (non-hydrogen) atoms. The minimum absolute atomic E-state index is 0.155. The van der Waals surface area contributed by atoms with Crippen LogP contribution in [0, 0.1) is 11.8 Å². The highest BCUT2D eigenvalue weighted by Gasteiger charge is 2.40. The van der Waals surface area contributed by atoms with Crippen molar-refractivity contribution in [1.82, 2.24) is 0 Å². The molecule has 1 aromatic carbocycles. The summed E-state index contributed by atoms with van der Waals surface area (Å²) in [5.74, 6) is -4.02. The molecule has 0 aromatic heterocycles. The number of carbonyl (C=O) groups is 1. The molecule has 1 saturated carbocycles. The van der Waals surface area contributed by atoms with Crippen LogP contribution in [0.2, 0.25) is 0 Å². The smallest absolute Gasteiger partial charge is 0.305 e. The van der Waals surface area contributed by atoms with E-state index in [0.717, 1.165) is 6.08 Å². The molecule has 0 bridgehead atoms. The molecule has 0 radical (unpaired) electrons. The van der Waals surface area contributed by atoms with Gasteiger partial charge in [-0.3, -0.25) is 4.79 Å². The van der Waals surface area contributed by atoms with E-state index in [0.29, 0.717) is 31.4 Å². The number of rotatable bonds is 11. The van der Waals surface area contributed by atoms with E-state index in [1.54, 1.807) is 30.3 Å². The Kier molecular flexibility index (Phi) is 9.46. The van der Waals surface area contributed by atoms with Crippen molar-refractivity contribution in [3.63, 3.8) is 0 Å². The third-order valence-corrected chi connectivity index (χ3v) is 5.21. The summed E-state index contributed by atoms with van der Waals surface area (Å²) in [6.07, 6.45) is 6.44. The number of halogens is 2. The molecule has 2 N–H and O–H groups in total. The van der Waals surface area contributed by atoms with Crippen molar-refractivity contribution in [1.29, 1.82) is 0 Å². The van der Waals surface area contributed by atoms with Crippen molar-refractivity contribution in [2.45, 2.75) is 50.2 Å². The first-order valence-electron chi connectivity index (χ1n) is 10.2. The average molecular weight is 424 g/mol. The van der Waals surface area contributed by atoms with Crippen molar-refractivity contribution in [3.8, 4) is 5.75 Å². The van der Waals surface area contributed by atoms with Crippen LogP contribution in [0.25, 0.3) is 0 Å². The second-order valence-electron chi connectivity index (χ2n) is 7.51. The molecule has 1 aliphatic rings. The SMILES string of the molecule is COC(=O)CCCC=CC[C@@H]1[C@@H](C=CC(F)(F)COc2ccccc2)[C@H](O)C[C@@H]1O. The second kappa shape index (κ2) is 11.8. The number of unbranched alkanes of at least 4 members (excludes halogenated alkanes) is 1. The van der Waals surface area contributed by atoms with Gasteiger partial charge in [0.2, 0.25) is 0 Å². The van der Waals surface area contributed by atoms with Crippen LogP contribution in [0.3, 0.4) is 0 Å². The van der Waals surface area contributed by atoms with E-state index in [1.165, 1.54) is 13.2 Å². The summed E-state index contributed by atoms with van der Waals surface area (Å²) in [4.78, 5) is 11.1. The molecule has 5 nitrogen and oxygen atoms in total. The lowest BCUT2D eigenvalue weighted by atomic mass is 9.89. The van der Waals surface area contributed by atoms with Crippen LogP contribution >= 0.6 is 0 Å².